The molecule has 30 heavy (non-hydrogen) atoms. The van der Waals surface area contributed by atoms with Crippen LogP contribution in [-0.2, 0) is 6.61 Å². The van der Waals surface area contributed by atoms with E-state index in [0.717, 1.165) is 11.1 Å². The Hall–Kier alpha value is -3.80. The largest absolute Gasteiger partial charge is 0.497 e. The van der Waals surface area contributed by atoms with Crippen molar-refractivity contribution in [3.63, 3.8) is 0 Å². The number of fused-ring (bicyclic) bond motifs is 1. The molecular weight excluding hydrogens is 387 g/mol. The van der Waals surface area contributed by atoms with Crippen LogP contribution in [0.2, 0.25) is 0 Å². The minimum Gasteiger partial charge on any atom is -0.497 e. The minimum absolute atomic E-state index is 0.191. The molecule has 0 saturated heterocycles. The van der Waals surface area contributed by atoms with E-state index in [1.807, 2.05) is 0 Å². The third kappa shape index (κ3) is 3.98. The van der Waals surface area contributed by atoms with Crippen LogP contribution in [0, 0.1) is 5.82 Å². The molecule has 0 fully saturated rings. The van der Waals surface area contributed by atoms with E-state index in [1.165, 1.54) is 19.2 Å². The maximum absolute atomic E-state index is 13.0. The lowest BCUT2D eigenvalue weighted by Crippen LogP contribution is -1.99. The Kier molecular flexibility index (Phi) is 5.39. The molecule has 0 N–H and O–H groups in total. The standard InChI is InChI=1S/C24H19FO5/c1-27-18-8-9-19-21(13-18)30-23(24(19)26)12-16-5-10-20(22(11-16)28-2)29-14-15-3-6-17(25)7-4-15/h3-13H,14H2,1-2H3/b23-12-. The Labute approximate surface area is 173 Å². The minimum atomic E-state index is -0.294. The van der Waals surface area contributed by atoms with Gasteiger partial charge in [-0.2, -0.15) is 0 Å². The zero-order chi connectivity index (χ0) is 21.1. The molecule has 6 heteroatoms. The first kappa shape index (κ1) is 19.5. The van der Waals surface area contributed by atoms with Crippen LogP contribution in [0.25, 0.3) is 6.08 Å². The van der Waals surface area contributed by atoms with Crippen molar-refractivity contribution >= 4 is 11.9 Å². The van der Waals surface area contributed by atoms with Gasteiger partial charge in [0, 0.05) is 6.07 Å². The molecule has 3 aromatic rings. The number of hydrogen-bond donors (Lipinski definition) is 0. The summed E-state index contributed by atoms with van der Waals surface area (Å²) in [5, 5.41) is 0. The molecule has 0 aromatic heterocycles. The molecule has 5 nitrogen and oxygen atoms in total. The Morgan fingerprint density at radius 2 is 1.73 bits per heavy atom. The Morgan fingerprint density at radius 3 is 2.47 bits per heavy atom. The summed E-state index contributed by atoms with van der Waals surface area (Å²) in [6.45, 7) is 0.274. The predicted octanol–water partition coefficient (Wildman–Crippen LogP) is 5.04. The normalized spacial score (nSPS) is 13.7. The van der Waals surface area contributed by atoms with Gasteiger partial charge in [-0.15, -0.1) is 0 Å². The molecule has 0 saturated carbocycles. The zero-order valence-corrected chi connectivity index (χ0v) is 16.5. The molecule has 0 spiro atoms. The summed E-state index contributed by atoms with van der Waals surface area (Å²) < 4.78 is 35.1. The molecule has 0 unspecified atom stereocenters. The smallest absolute Gasteiger partial charge is 0.231 e. The number of carbonyl (C=O) groups is 1. The molecular formula is C24H19FO5. The third-order valence-electron chi connectivity index (χ3n) is 4.67. The fourth-order valence-electron chi connectivity index (χ4n) is 3.08. The maximum Gasteiger partial charge on any atom is 0.231 e. The van der Waals surface area contributed by atoms with Crippen LogP contribution in [0.15, 0.2) is 66.4 Å². The SMILES string of the molecule is COc1ccc2c(c1)O/C(=C\c1ccc(OCc3ccc(F)cc3)c(OC)c1)C2=O. The highest BCUT2D eigenvalue weighted by Gasteiger charge is 2.27. The summed E-state index contributed by atoms with van der Waals surface area (Å²) >= 11 is 0. The van der Waals surface area contributed by atoms with Gasteiger partial charge in [0.15, 0.2) is 17.3 Å². The number of ether oxygens (including phenoxy) is 4. The number of hydrogen-bond acceptors (Lipinski definition) is 5. The molecule has 0 bridgehead atoms. The number of methoxy groups -OCH3 is 2. The molecule has 0 amide bonds. The Morgan fingerprint density at radius 1 is 0.933 bits per heavy atom. The van der Waals surface area contributed by atoms with Crippen LogP contribution >= 0.6 is 0 Å². The van der Waals surface area contributed by atoms with Gasteiger partial charge in [0.2, 0.25) is 5.78 Å². The van der Waals surface area contributed by atoms with E-state index in [4.69, 9.17) is 18.9 Å². The van der Waals surface area contributed by atoms with Crippen LogP contribution in [0.1, 0.15) is 21.5 Å². The van der Waals surface area contributed by atoms with E-state index in [2.05, 4.69) is 0 Å². The molecule has 1 heterocycles. The van der Waals surface area contributed by atoms with Crippen LogP contribution in [0.4, 0.5) is 4.39 Å². The van der Waals surface area contributed by atoms with E-state index in [-0.39, 0.29) is 24.0 Å². The van der Waals surface area contributed by atoms with Crippen LogP contribution < -0.4 is 18.9 Å². The van der Waals surface area contributed by atoms with Crippen molar-refractivity contribution in [3.05, 3.63) is 88.9 Å². The van der Waals surface area contributed by atoms with Gasteiger partial charge < -0.3 is 18.9 Å². The lowest BCUT2D eigenvalue weighted by molar-refractivity contribution is 0.101. The van der Waals surface area contributed by atoms with E-state index in [9.17, 15) is 9.18 Å². The van der Waals surface area contributed by atoms with Gasteiger partial charge >= 0.3 is 0 Å². The number of carbonyl (C=O) groups excluding carboxylic acids is 1. The van der Waals surface area contributed by atoms with Crippen LogP contribution in [0.3, 0.4) is 0 Å². The summed E-state index contributed by atoms with van der Waals surface area (Å²) in [5.74, 6) is 1.87. The van der Waals surface area contributed by atoms with Gasteiger partial charge in [-0.25, -0.2) is 4.39 Å². The highest BCUT2D eigenvalue weighted by molar-refractivity contribution is 6.14. The second-order valence-electron chi connectivity index (χ2n) is 6.63. The molecule has 4 rings (SSSR count). The highest BCUT2D eigenvalue weighted by Crippen LogP contribution is 2.36. The monoisotopic (exact) mass is 406 g/mol. The zero-order valence-electron chi connectivity index (χ0n) is 16.5. The number of halogens is 1. The van der Waals surface area contributed by atoms with Crippen LogP contribution in [0.5, 0.6) is 23.0 Å². The quantitative estimate of drug-likeness (QED) is 0.537. The van der Waals surface area contributed by atoms with Crippen molar-refractivity contribution < 1.29 is 28.1 Å². The van der Waals surface area contributed by atoms with Crippen molar-refractivity contribution in [2.75, 3.05) is 14.2 Å². The molecule has 1 aliphatic heterocycles. The van der Waals surface area contributed by atoms with Gasteiger partial charge in [0.25, 0.3) is 0 Å². The average Bonchev–Trinajstić information content (AvgIpc) is 3.08. The fraction of sp³-hybridized carbons (Fsp3) is 0.125. The lowest BCUT2D eigenvalue weighted by Gasteiger charge is -2.11. The van der Waals surface area contributed by atoms with Gasteiger partial charge in [0.05, 0.1) is 19.8 Å². The molecule has 0 aliphatic carbocycles. The van der Waals surface area contributed by atoms with Gasteiger partial charge in [-0.1, -0.05) is 18.2 Å². The number of allylic oxidation sites excluding steroid dienone is 1. The van der Waals surface area contributed by atoms with E-state index >= 15 is 0 Å². The number of rotatable bonds is 6. The van der Waals surface area contributed by atoms with Gasteiger partial charge in [-0.05, 0) is 53.6 Å². The first-order valence-electron chi connectivity index (χ1n) is 9.25. The molecule has 0 atom stereocenters. The Bertz CT molecular complexity index is 1120. The first-order chi connectivity index (χ1) is 14.6. The number of benzene rings is 3. The molecule has 3 aromatic carbocycles. The second-order valence-corrected chi connectivity index (χ2v) is 6.63. The summed E-state index contributed by atoms with van der Waals surface area (Å²) in [7, 11) is 3.09. The van der Waals surface area contributed by atoms with Gasteiger partial charge in [-0.3, -0.25) is 4.79 Å². The maximum atomic E-state index is 13.0. The highest BCUT2D eigenvalue weighted by atomic mass is 19.1. The first-order valence-corrected chi connectivity index (χ1v) is 9.25. The second kappa shape index (κ2) is 8.29. The summed E-state index contributed by atoms with van der Waals surface area (Å²) in [6.07, 6.45) is 1.65. The summed E-state index contributed by atoms with van der Waals surface area (Å²) in [6, 6.07) is 16.5. The van der Waals surface area contributed by atoms with Crippen molar-refractivity contribution in [3.8, 4) is 23.0 Å². The molecule has 1 aliphatic rings. The summed E-state index contributed by atoms with van der Waals surface area (Å²) in [5.41, 5.74) is 2.06. The molecule has 0 radical (unpaired) electrons. The van der Waals surface area contributed by atoms with Crippen molar-refractivity contribution in [2.45, 2.75) is 6.61 Å². The van der Waals surface area contributed by atoms with Crippen molar-refractivity contribution in [2.24, 2.45) is 0 Å². The topological polar surface area (TPSA) is 54.0 Å². The van der Waals surface area contributed by atoms with Gasteiger partial charge in [0.1, 0.15) is 23.9 Å². The van der Waals surface area contributed by atoms with Crippen molar-refractivity contribution in [1.29, 1.82) is 0 Å². The van der Waals surface area contributed by atoms with E-state index < -0.39 is 0 Å². The predicted molar refractivity (Wildman–Crippen MR) is 110 cm³/mol. The van der Waals surface area contributed by atoms with E-state index in [1.54, 1.807) is 61.7 Å². The lowest BCUT2D eigenvalue weighted by atomic mass is 10.1. The number of ketones is 1. The Balaban J connectivity index is 1.52. The molecule has 152 valence electrons. The third-order valence-corrected chi connectivity index (χ3v) is 4.67. The van der Waals surface area contributed by atoms with Crippen LogP contribution in [-0.4, -0.2) is 20.0 Å². The summed E-state index contributed by atoms with van der Waals surface area (Å²) in [4.78, 5) is 12.6. The van der Waals surface area contributed by atoms with Crippen molar-refractivity contribution in [1.82, 2.24) is 0 Å². The van der Waals surface area contributed by atoms with E-state index in [0.29, 0.717) is 28.6 Å². The number of Topliss-reactive ketones (excluding diaryl/α,β-unsaturated/α-hetero) is 1. The average molecular weight is 406 g/mol. The fourth-order valence-corrected chi connectivity index (χ4v) is 3.08.